The molecule has 0 fully saturated rings. The maximum atomic E-state index is 12.7. The molecule has 0 saturated carbocycles. The van der Waals surface area contributed by atoms with Crippen LogP contribution < -0.4 is 5.73 Å². The number of rotatable bonds is 4. The van der Waals surface area contributed by atoms with Gasteiger partial charge in [0.15, 0.2) is 0 Å². The minimum absolute atomic E-state index is 0.173. The molecule has 0 aliphatic heterocycles. The van der Waals surface area contributed by atoms with Gasteiger partial charge in [0.05, 0.1) is 6.54 Å². The van der Waals surface area contributed by atoms with Gasteiger partial charge in [-0.2, -0.15) is 0 Å². The lowest BCUT2D eigenvalue weighted by Crippen LogP contribution is -2.28. The van der Waals surface area contributed by atoms with E-state index in [2.05, 4.69) is 0 Å². The molecule has 13 heavy (non-hydrogen) atoms. The standard InChI is InChI=1S/C10H13F2N/c11-10(12,8-13)7-6-9-4-2-1-3-5-9/h1-5H,6-8,13H2. The predicted molar refractivity (Wildman–Crippen MR) is 48.8 cm³/mol. The van der Waals surface area contributed by atoms with Crippen molar-refractivity contribution < 1.29 is 8.78 Å². The van der Waals surface area contributed by atoms with Crippen molar-refractivity contribution in [2.45, 2.75) is 18.8 Å². The van der Waals surface area contributed by atoms with Gasteiger partial charge >= 0.3 is 0 Å². The first-order chi connectivity index (χ1) is 6.14. The average molecular weight is 185 g/mol. The van der Waals surface area contributed by atoms with E-state index in [9.17, 15) is 8.78 Å². The number of halogens is 2. The second-order valence-corrected chi connectivity index (χ2v) is 3.05. The molecule has 0 atom stereocenters. The van der Waals surface area contributed by atoms with Crippen LogP contribution in [0.25, 0.3) is 0 Å². The van der Waals surface area contributed by atoms with Crippen molar-refractivity contribution in [3.05, 3.63) is 35.9 Å². The SMILES string of the molecule is NCC(F)(F)CCc1ccccc1. The molecule has 72 valence electrons. The van der Waals surface area contributed by atoms with Crippen LogP contribution in [0.5, 0.6) is 0 Å². The average Bonchev–Trinajstić information content (AvgIpc) is 2.17. The largest absolute Gasteiger partial charge is 0.325 e. The fourth-order valence-corrected chi connectivity index (χ4v) is 1.07. The molecule has 0 unspecified atom stereocenters. The van der Waals surface area contributed by atoms with Crippen LogP contribution in [0.2, 0.25) is 0 Å². The highest BCUT2D eigenvalue weighted by molar-refractivity contribution is 5.14. The summed E-state index contributed by atoms with van der Waals surface area (Å²) >= 11 is 0. The summed E-state index contributed by atoms with van der Waals surface area (Å²) in [5, 5.41) is 0. The first-order valence-corrected chi connectivity index (χ1v) is 4.26. The molecule has 0 bridgehead atoms. The van der Waals surface area contributed by atoms with Crippen LogP contribution in [0.4, 0.5) is 8.78 Å². The highest BCUT2D eigenvalue weighted by atomic mass is 19.3. The summed E-state index contributed by atoms with van der Waals surface area (Å²) in [6, 6.07) is 9.23. The smallest absolute Gasteiger partial charge is 0.260 e. The third-order valence-corrected chi connectivity index (χ3v) is 1.92. The minimum atomic E-state index is -2.73. The van der Waals surface area contributed by atoms with Gasteiger partial charge in [-0.1, -0.05) is 30.3 Å². The summed E-state index contributed by atoms with van der Waals surface area (Å²) in [5.74, 6) is -2.73. The number of aryl methyl sites for hydroxylation is 1. The van der Waals surface area contributed by atoms with Crippen LogP contribution in [-0.4, -0.2) is 12.5 Å². The Morgan fingerprint density at radius 3 is 2.31 bits per heavy atom. The molecule has 0 spiro atoms. The van der Waals surface area contributed by atoms with Gasteiger partial charge in [-0.15, -0.1) is 0 Å². The molecule has 0 aliphatic carbocycles. The van der Waals surface area contributed by atoms with Gasteiger partial charge in [-0.3, -0.25) is 0 Å². The van der Waals surface area contributed by atoms with E-state index in [0.717, 1.165) is 5.56 Å². The molecule has 0 aromatic heterocycles. The normalized spacial score (nSPS) is 11.6. The molecule has 0 heterocycles. The lowest BCUT2D eigenvalue weighted by Gasteiger charge is -2.12. The second kappa shape index (κ2) is 4.33. The van der Waals surface area contributed by atoms with Crippen molar-refractivity contribution in [3.8, 4) is 0 Å². The summed E-state index contributed by atoms with van der Waals surface area (Å²) in [5.41, 5.74) is 5.85. The fourth-order valence-electron chi connectivity index (χ4n) is 1.07. The molecule has 0 amide bonds. The molecular formula is C10H13F2N. The second-order valence-electron chi connectivity index (χ2n) is 3.05. The first-order valence-electron chi connectivity index (χ1n) is 4.26. The molecule has 3 heteroatoms. The van der Waals surface area contributed by atoms with Crippen LogP contribution in [-0.2, 0) is 6.42 Å². The number of benzene rings is 1. The van der Waals surface area contributed by atoms with Gasteiger partial charge in [-0.05, 0) is 12.0 Å². The van der Waals surface area contributed by atoms with E-state index in [0.29, 0.717) is 6.42 Å². The number of hydrogen-bond donors (Lipinski definition) is 1. The molecule has 1 aromatic rings. The summed E-state index contributed by atoms with van der Waals surface area (Å²) in [4.78, 5) is 0. The zero-order valence-electron chi connectivity index (χ0n) is 7.34. The van der Waals surface area contributed by atoms with Crippen LogP contribution in [0.1, 0.15) is 12.0 Å². The number of hydrogen-bond acceptors (Lipinski definition) is 1. The van der Waals surface area contributed by atoms with Crippen molar-refractivity contribution in [2.75, 3.05) is 6.54 Å². The minimum Gasteiger partial charge on any atom is -0.325 e. The maximum absolute atomic E-state index is 12.7. The number of nitrogens with two attached hydrogens (primary N) is 1. The van der Waals surface area contributed by atoms with E-state index < -0.39 is 12.5 Å². The predicted octanol–water partition coefficient (Wildman–Crippen LogP) is 2.21. The zero-order valence-corrected chi connectivity index (χ0v) is 7.34. The van der Waals surface area contributed by atoms with Crippen LogP contribution in [0.15, 0.2) is 30.3 Å². The van der Waals surface area contributed by atoms with E-state index in [1.54, 1.807) is 0 Å². The van der Waals surface area contributed by atoms with Crippen LogP contribution >= 0.6 is 0 Å². The Morgan fingerprint density at radius 2 is 1.77 bits per heavy atom. The van der Waals surface area contributed by atoms with Crippen molar-refractivity contribution >= 4 is 0 Å². The molecule has 2 N–H and O–H groups in total. The summed E-state index contributed by atoms with van der Waals surface area (Å²) in [6.45, 7) is -0.570. The summed E-state index contributed by atoms with van der Waals surface area (Å²) in [6.07, 6.45) is 0.207. The van der Waals surface area contributed by atoms with Crippen LogP contribution in [0, 0.1) is 0 Å². The topological polar surface area (TPSA) is 26.0 Å². The molecule has 0 saturated heterocycles. The monoisotopic (exact) mass is 185 g/mol. The summed E-state index contributed by atoms with van der Waals surface area (Å²) < 4.78 is 25.4. The fraction of sp³-hybridized carbons (Fsp3) is 0.400. The van der Waals surface area contributed by atoms with Gasteiger partial charge in [0, 0.05) is 6.42 Å². The van der Waals surface area contributed by atoms with Crippen molar-refractivity contribution in [2.24, 2.45) is 5.73 Å². The number of alkyl halides is 2. The Kier molecular flexibility index (Phi) is 3.37. The Bertz CT molecular complexity index is 246. The lowest BCUT2D eigenvalue weighted by atomic mass is 10.1. The molecule has 0 aliphatic rings. The van der Waals surface area contributed by atoms with Gasteiger partial charge in [0.2, 0.25) is 0 Å². The zero-order chi connectivity index (χ0) is 9.73. The summed E-state index contributed by atoms with van der Waals surface area (Å²) in [7, 11) is 0. The molecule has 1 rings (SSSR count). The maximum Gasteiger partial charge on any atom is 0.260 e. The van der Waals surface area contributed by atoms with E-state index in [4.69, 9.17) is 5.73 Å². The highest BCUT2D eigenvalue weighted by Gasteiger charge is 2.25. The van der Waals surface area contributed by atoms with Crippen molar-refractivity contribution in [1.29, 1.82) is 0 Å². The van der Waals surface area contributed by atoms with Crippen molar-refractivity contribution in [1.82, 2.24) is 0 Å². The highest BCUT2D eigenvalue weighted by Crippen LogP contribution is 2.19. The molecular weight excluding hydrogens is 172 g/mol. The van der Waals surface area contributed by atoms with Gasteiger partial charge in [0.1, 0.15) is 0 Å². The van der Waals surface area contributed by atoms with Gasteiger partial charge in [0.25, 0.3) is 5.92 Å². The van der Waals surface area contributed by atoms with E-state index in [1.807, 2.05) is 30.3 Å². The van der Waals surface area contributed by atoms with Gasteiger partial charge < -0.3 is 5.73 Å². The Morgan fingerprint density at radius 1 is 1.15 bits per heavy atom. The third kappa shape index (κ3) is 3.51. The Balaban J connectivity index is 2.44. The molecule has 1 aromatic carbocycles. The Labute approximate surface area is 76.6 Å². The van der Waals surface area contributed by atoms with E-state index in [-0.39, 0.29) is 6.42 Å². The van der Waals surface area contributed by atoms with Crippen LogP contribution in [0.3, 0.4) is 0 Å². The van der Waals surface area contributed by atoms with E-state index in [1.165, 1.54) is 0 Å². The Hall–Kier alpha value is -0.960. The van der Waals surface area contributed by atoms with E-state index >= 15 is 0 Å². The molecule has 0 radical (unpaired) electrons. The first kappa shape index (κ1) is 10.1. The van der Waals surface area contributed by atoms with Crippen molar-refractivity contribution in [3.63, 3.8) is 0 Å². The third-order valence-electron chi connectivity index (χ3n) is 1.92. The quantitative estimate of drug-likeness (QED) is 0.764. The lowest BCUT2D eigenvalue weighted by molar-refractivity contribution is 0.00247. The van der Waals surface area contributed by atoms with Gasteiger partial charge in [-0.25, -0.2) is 8.78 Å². The molecule has 1 nitrogen and oxygen atoms in total.